The first kappa shape index (κ1) is 17.7. The monoisotopic (exact) mass is 389 g/mol. The zero-order chi connectivity index (χ0) is 19.8. The Morgan fingerprint density at radius 3 is 2.52 bits per heavy atom. The van der Waals surface area contributed by atoms with Gasteiger partial charge in [0.15, 0.2) is 5.76 Å². The number of pyridine rings is 1. The molecule has 29 heavy (non-hydrogen) atoms. The molecule has 0 atom stereocenters. The highest BCUT2D eigenvalue weighted by molar-refractivity contribution is 5.59. The molecule has 0 unspecified atom stereocenters. The summed E-state index contributed by atoms with van der Waals surface area (Å²) < 4.78 is 7.37. The van der Waals surface area contributed by atoms with E-state index in [2.05, 4.69) is 32.8 Å². The zero-order valence-corrected chi connectivity index (χ0v) is 16.6. The Balaban J connectivity index is 1.52. The van der Waals surface area contributed by atoms with Gasteiger partial charge in [0.1, 0.15) is 11.6 Å². The lowest BCUT2D eigenvalue weighted by atomic mass is 10.1. The topological polar surface area (TPSA) is 75.6 Å². The molecule has 0 radical (unpaired) electrons. The minimum absolute atomic E-state index is 0.559. The lowest BCUT2D eigenvalue weighted by molar-refractivity contribution is 0.577. The Morgan fingerprint density at radius 1 is 1.00 bits per heavy atom. The maximum Gasteiger partial charge on any atom is 0.255 e. The van der Waals surface area contributed by atoms with Crippen molar-refractivity contribution in [2.75, 3.05) is 36.0 Å². The Bertz CT molecular complexity index is 1110. The number of aryl methyl sites for hydroxylation is 1. The summed E-state index contributed by atoms with van der Waals surface area (Å²) in [6, 6.07) is 9.76. The van der Waals surface area contributed by atoms with Crippen molar-refractivity contribution in [1.29, 1.82) is 0 Å². The lowest BCUT2D eigenvalue weighted by Crippen LogP contribution is -2.47. The fourth-order valence-electron chi connectivity index (χ4n) is 3.96. The van der Waals surface area contributed by atoms with Crippen molar-refractivity contribution < 1.29 is 4.42 Å². The number of anilines is 2. The van der Waals surface area contributed by atoms with Gasteiger partial charge in [-0.3, -0.25) is 0 Å². The van der Waals surface area contributed by atoms with Gasteiger partial charge in [0.2, 0.25) is 5.82 Å². The quantitative estimate of drug-likeness (QED) is 0.531. The van der Waals surface area contributed by atoms with Crippen molar-refractivity contribution >= 4 is 17.4 Å². The van der Waals surface area contributed by atoms with Crippen molar-refractivity contribution in [3.63, 3.8) is 0 Å². The molecule has 5 rings (SSSR count). The minimum Gasteiger partial charge on any atom is -0.461 e. The standard InChI is InChI=1S/C21H23N7O/c1-3-16-15(2)23-21-24-19(17-7-6-14-29-17)25-28(21)20(16)27-12-10-26(11-13-27)18-8-4-5-9-22-18/h4-9,14H,3,10-13H2,1-2H3. The van der Waals surface area contributed by atoms with Gasteiger partial charge in [-0.15, -0.1) is 5.10 Å². The van der Waals surface area contributed by atoms with Crippen LogP contribution >= 0.6 is 0 Å². The largest absolute Gasteiger partial charge is 0.461 e. The first-order valence-corrected chi connectivity index (χ1v) is 9.95. The summed E-state index contributed by atoms with van der Waals surface area (Å²) in [6.07, 6.45) is 4.37. The third-order valence-electron chi connectivity index (χ3n) is 5.41. The average molecular weight is 389 g/mol. The van der Waals surface area contributed by atoms with Gasteiger partial charge in [-0.1, -0.05) is 13.0 Å². The molecule has 5 heterocycles. The van der Waals surface area contributed by atoms with Crippen LogP contribution < -0.4 is 9.80 Å². The van der Waals surface area contributed by atoms with Crippen molar-refractivity contribution in [3.8, 4) is 11.6 Å². The van der Waals surface area contributed by atoms with Gasteiger partial charge < -0.3 is 14.2 Å². The van der Waals surface area contributed by atoms with E-state index in [1.54, 1.807) is 6.26 Å². The second-order valence-corrected chi connectivity index (χ2v) is 7.14. The van der Waals surface area contributed by atoms with Crippen LogP contribution in [0.5, 0.6) is 0 Å². The third kappa shape index (κ3) is 3.10. The summed E-state index contributed by atoms with van der Waals surface area (Å²) in [4.78, 5) is 18.5. The first-order chi connectivity index (χ1) is 14.2. The van der Waals surface area contributed by atoms with Crippen molar-refractivity contribution in [2.45, 2.75) is 20.3 Å². The highest BCUT2D eigenvalue weighted by atomic mass is 16.3. The molecular weight excluding hydrogens is 366 g/mol. The Hall–Kier alpha value is -3.42. The minimum atomic E-state index is 0.559. The molecule has 8 nitrogen and oxygen atoms in total. The van der Waals surface area contributed by atoms with E-state index in [0.717, 1.165) is 49.9 Å². The molecule has 1 saturated heterocycles. The van der Waals surface area contributed by atoms with Gasteiger partial charge in [0.05, 0.1) is 6.26 Å². The summed E-state index contributed by atoms with van der Waals surface area (Å²) in [5.74, 6) is 3.93. The molecule has 1 aliphatic heterocycles. The molecule has 0 N–H and O–H groups in total. The van der Waals surface area contributed by atoms with Crippen LogP contribution in [-0.4, -0.2) is 50.7 Å². The molecule has 0 aliphatic carbocycles. The fourth-order valence-corrected chi connectivity index (χ4v) is 3.96. The number of hydrogen-bond donors (Lipinski definition) is 0. The number of furan rings is 1. The molecule has 4 aromatic rings. The Kier molecular flexibility index (Phi) is 4.38. The summed E-state index contributed by atoms with van der Waals surface area (Å²) >= 11 is 0. The van der Waals surface area contributed by atoms with E-state index in [-0.39, 0.29) is 0 Å². The predicted octanol–water partition coefficient (Wildman–Crippen LogP) is 2.98. The first-order valence-electron chi connectivity index (χ1n) is 9.95. The molecule has 1 fully saturated rings. The van der Waals surface area contributed by atoms with Crippen LogP contribution in [-0.2, 0) is 6.42 Å². The molecule has 0 amide bonds. The Labute approximate surface area is 168 Å². The smallest absolute Gasteiger partial charge is 0.255 e. The van der Waals surface area contributed by atoms with Gasteiger partial charge in [-0.25, -0.2) is 9.97 Å². The van der Waals surface area contributed by atoms with Gasteiger partial charge in [-0.2, -0.15) is 9.50 Å². The zero-order valence-electron chi connectivity index (χ0n) is 16.6. The van der Waals surface area contributed by atoms with Gasteiger partial charge in [0, 0.05) is 43.6 Å². The van der Waals surface area contributed by atoms with Crippen LogP contribution in [0.3, 0.4) is 0 Å². The summed E-state index contributed by atoms with van der Waals surface area (Å²) in [5, 5.41) is 4.74. The molecular formula is C21H23N7O. The van der Waals surface area contributed by atoms with E-state index in [1.807, 2.05) is 41.9 Å². The van der Waals surface area contributed by atoms with Crippen molar-refractivity contribution in [3.05, 3.63) is 54.0 Å². The molecule has 148 valence electrons. The highest BCUT2D eigenvalue weighted by Crippen LogP contribution is 2.27. The number of fused-ring (bicyclic) bond motifs is 1. The molecule has 4 aromatic heterocycles. The van der Waals surface area contributed by atoms with E-state index in [9.17, 15) is 0 Å². The molecule has 8 heteroatoms. The number of nitrogens with zero attached hydrogens (tertiary/aromatic N) is 7. The summed E-state index contributed by atoms with van der Waals surface area (Å²) in [5.41, 5.74) is 2.21. The number of rotatable bonds is 4. The van der Waals surface area contributed by atoms with Gasteiger partial charge in [-0.05, 0) is 37.6 Å². The molecule has 0 spiro atoms. The molecule has 0 aromatic carbocycles. The maximum atomic E-state index is 5.49. The molecule has 0 bridgehead atoms. The van der Waals surface area contributed by atoms with E-state index in [1.165, 1.54) is 5.56 Å². The lowest BCUT2D eigenvalue weighted by Gasteiger charge is -2.37. The second kappa shape index (κ2) is 7.20. The van der Waals surface area contributed by atoms with E-state index < -0.39 is 0 Å². The van der Waals surface area contributed by atoms with Crippen LogP contribution in [0.1, 0.15) is 18.2 Å². The Morgan fingerprint density at radius 2 is 1.83 bits per heavy atom. The third-order valence-corrected chi connectivity index (χ3v) is 5.41. The maximum absolute atomic E-state index is 5.49. The SMILES string of the molecule is CCc1c(C)nc2nc(-c3ccco3)nn2c1N1CCN(c2ccccn2)CC1. The van der Waals surface area contributed by atoms with Crippen LogP contribution in [0.4, 0.5) is 11.6 Å². The van der Waals surface area contributed by atoms with Crippen molar-refractivity contribution in [2.24, 2.45) is 0 Å². The number of piperazine rings is 1. The molecule has 0 saturated carbocycles. The molecule has 1 aliphatic rings. The van der Waals surface area contributed by atoms with Crippen LogP contribution in [0.15, 0.2) is 47.2 Å². The summed E-state index contributed by atoms with van der Waals surface area (Å²) in [6.45, 7) is 7.79. The van der Waals surface area contributed by atoms with Crippen LogP contribution in [0.25, 0.3) is 17.4 Å². The van der Waals surface area contributed by atoms with Crippen LogP contribution in [0, 0.1) is 6.92 Å². The van der Waals surface area contributed by atoms with E-state index >= 15 is 0 Å². The highest BCUT2D eigenvalue weighted by Gasteiger charge is 2.25. The van der Waals surface area contributed by atoms with Gasteiger partial charge >= 0.3 is 0 Å². The number of hydrogen-bond acceptors (Lipinski definition) is 7. The van der Waals surface area contributed by atoms with Crippen molar-refractivity contribution in [1.82, 2.24) is 24.6 Å². The van der Waals surface area contributed by atoms with E-state index in [4.69, 9.17) is 14.5 Å². The second-order valence-electron chi connectivity index (χ2n) is 7.14. The normalized spacial score (nSPS) is 14.7. The number of aromatic nitrogens is 5. The predicted molar refractivity (Wildman–Crippen MR) is 111 cm³/mol. The summed E-state index contributed by atoms with van der Waals surface area (Å²) in [7, 11) is 0. The van der Waals surface area contributed by atoms with Crippen LogP contribution in [0.2, 0.25) is 0 Å². The average Bonchev–Trinajstić information content (AvgIpc) is 3.43. The fraction of sp³-hybridized carbons (Fsp3) is 0.333. The van der Waals surface area contributed by atoms with Gasteiger partial charge in [0.25, 0.3) is 5.78 Å². The van der Waals surface area contributed by atoms with E-state index in [0.29, 0.717) is 17.4 Å².